The number of nitrogens with zero attached hydrogens (tertiary/aromatic N) is 2. The van der Waals surface area contributed by atoms with Gasteiger partial charge >= 0.3 is 0 Å². The van der Waals surface area contributed by atoms with Gasteiger partial charge in [-0.05, 0) is 25.7 Å². The van der Waals surface area contributed by atoms with Crippen LogP contribution in [0, 0.1) is 12.8 Å². The minimum absolute atomic E-state index is 0.0799. The Morgan fingerprint density at radius 1 is 1.43 bits per heavy atom. The molecule has 3 rings (SSSR count). The molecule has 1 aliphatic carbocycles. The van der Waals surface area contributed by atoms with Gasteiger partial charge in [0.1, 0.15) is 17.0 Å². The molecule has 2 aliphatic rings. The van der Waals surface area contributed by atoms with Crippen molar-refractivity contribution < 1.29 is 9.90 Å². The first-order valence-electron chi connectivity index (χ1n) is 7.44. The molecule has 6 heteroatoms. The van der Waals surface area contributed by atoms with Crippen molar-refractivity contribution >= 4 is 5.91 Å². The summed E-state index contributed by atoms with van der Waals surface area (Å²) in [6.07, 6.45) is 2.09. The summed E-state index contributed by atoms with van der Waals surface area (Å²) in [7, 11) is 0. The number of carbonyl (C=O) groups is 1. The fourth-order valence-electron chi connectivity index (χ4n) is 2.69. The molecule has 0 atom stereocenters. The third kappa shape index (κ3) is 2.37. The maximum atomic E-state index is 12.4. The zero-order chi connectivity index (χ0) is 15.4. The van der Waals surface area contributed by atoms with Crippen molar-refractivity contribution in [2.24, 2.45) is 5.92 Å². The molecule has 1 saturated heterocycles. The number of hydrogen-bond donors (Lipinski definition) is 2. The molecule has 21 heavy (non-hydrogen) atoms. The van der Waals surface area contributed by atoms with Crippen LogP contribution >= 0.6 is 0 Å². The van der Waals surface area contributed by atoms with E-state index in [1.54, 1.807) is 6.92 Å². The van der Waals surface area contributed by atoms with Gasteiger partial charge in [0, 0.05) is 5.92 Å². The lowest BCUT2D eigenvalue weighted by Gasteiger charge is -2.48. The van der Waals surface area contributed by atoms with Crippen LogP contribution in [0.5, 0.6) is 0 Å². The quantitative estimate of drug-likeness (QED) is 0.862. The van der Waals surface area contributed by atoms with Crippen LogP contribution in [0.3, 0.4) is 0 Å². The molecule has 114 valence electrons. The lowest BCUT2D eigenvalue weighted by atomic mass is 9.82. The fourth-order valence-corrected chi connectivity index (χ4v) is 2.69. The van der Waals surface area contributed by atoms with E-state index >= 15 is 0 Å². The van der Waals surface area contributed by atoms with Gasteiger partial charge in [-0.25, -0.2) is 4.98 Å². The monoisotopic (exact) mass is 291 g/mol. The molecule has 1 aromatic rings. The van der Waals surface area contributed by atoms with Crippen LogP contribution in [0.1, 0.15) is 54.5 Å². The Morgan fingerprint density at radius 2 is 2.05 bits per heavy atom. The molecule has 1 saturated carbocycles. The van der Waals surface area contributed by atoms with Gasteiger partial charge in [0.05, 0.1) is 18.8 Å². The number of hydrogen-bond acceptors (Lipinski definition) is 4. The minimum Gasteiger partial charge on any atom is -0.386 e. The molecule has 0 unspecified atom stereocenters. The van der Waals surface area contributed by atoms with E-state index in [2.05, 4.69) is 9.97 Å². The summed E-state index contributed by atoms with van der Waals surface area (Å²) in [6.45, 7) is 6.08. The average molecular weight is 291 g/mol. The molecule has 0 spiro atoms. The largest absolute Gasteiger partial charge is 0.386 e. The predicted molar refractivity (Wildman–Crippen MR) is 77.3 cm³/mol. The smallest absolute Gasteiger partial charge is 0.264 e. The predicted octanol–water partition coefficient (Wildman–Crippen LogP) is 0.799. The summed E-state index contributed by atoms with van der Waals surface area (Å²) < 4.78 is 0. The number of aryl methyl sites for hydroxylation is 1. The van der Waals surface area contributed by atoms with E-state index in [0.29, 0.717) is 17.4 Å². The van der Waals surface area contributed by atoms with Crippen molar-refractivity contribution in [2.45, 2.75) is 45.1 Å². The number of likely N-dealkylation sites (tertiary alicyclic amines) is 1. The van der Waals surface area contributed by atoms with Crippen LogP contribution in [0.15, 0.2) is 4.79 Å². The van der Waals surface area contributed by atoms with Crippen molar-refractivity contribution in [3.63, 3.8) is 0 Å². The third-order valence-corrected chi connectivity index (χ3v) is 4.59. The number of nitrogens with one attached hydrogen (secondary N) is 1. The highest BCUT2D eigenvalue weighted by Gasteiger charge is 2.46. The van der Waals surface area contributed by atoms with Gasteiger partial charge in [-0.15, -0.1) is 0 Å². The van der Waals surface area contributed by atoms with Gasteiger partial charge in [-0.3, -0.25) is 9.59 Å². The summed E-state index contributed by atoms with van der Waals surface area (Å²) >= 11 is 0. The molecule has 0 aromatic carbocycles. The average Bonchev–Trinajstić information content (AvgIpc) is 3.17. The molecule has 0 radical (unpaired) electrons. The highest BCUT2D eigenvalue weighted by molar-refractivity contribution is 5.95. The standard InChI is InChI=1S/C15H21N3O3/c1-8(2)15(21)6-18(7-15)14(20)11-9(3)16-12(10-4-5-10)17-13(11)19/h8,10,21H,4-7H2,1-3H3,(H,16,17,19). The Bertz CT molecular complexity index is 640. The van der Waals surface area contributed by atoms with Gasteiger partial charge < -0.3 is 15.0 Å². The summed E-state index contributed by atoms with van der Waals surface area (Å²) in [5.41, 5.74) is -0.622. The minimum atomic E-state index is -0.836. The van der Waals surface area contributed by atoms with Crippen LogP contribution < -0.4 is 5.56 Å². The lowest BCUT2D eigenvalue weighted by Crippen LogP contribution is -2.66. The van der Waals surface area contributed by atoms with E-state index < -0.39 is 5.60 Å². The Balaban J connectivity index is 1.82. The number of β-amino-alcohol motifs (C(OH)–C–C–N with tert-alkyl or cyclic N) is 1. The van der Waals surface area contributed by atoms with Crippen LogP contribution in [0.4, 0.5) is 0 Å². The summed E-state index contributed by atoms with van der Waals surface area (Å²) in [5.74, 6) is 0.775. The van der Waals surface area contributed by atoms with Gasteiger partial charge in [0.15, 0.2) is 0 Å². The van der Waals surface area contributed by atoms with Gasteiger partial charge in [-0.1, -0.05) is 13.8 Å². The molecule has 6 nitrogen and oxygen atoms in total. The van der Waals surface area contributed by atoms with E-state index in [0.717, 1.165) is 12.8 Å². The number of aromatic nitrogens is 2. The Labute approximate surface area is 123 Å². The number of amides is 1. The SMILES string of the molecule is Cc1nc(C2CC2)[nH]c(=O)c1C(=O)N1CC(O)(C(C)C)C1. The summed E-state index contributed by atoms with van der Waals surface area (Å²) in [5, 5.41) is 10.2. The van der Waals surface area contributed by atoms with E-state index in [1.165, 1.54) is 4.90 Å². The van der Waals surface area contributed by atoms with E-state index in [-0.39, 0.29) is 36.0 Å². The molecular formula is C15H21N3O3. The van der Waals surface area contributed by atoms with Gasteiger partial charge in [-0.2, -0.15) is 0 Å². The maximum Gasteiger partial charge on any atom is 0.264 e. The number of aromatic amines is 1. The molecule has 2 fully saturated rings. The highest BCUT2D eigenvalue weighted by Crippen LogP contribution is 2.37. The van der Waals surface area contributed by atoms with Crippen LogP contribution in [-0.4, -0.2) is 44.6 Å². The molecular weight excluding hydrogens is 270 g/mol. The normalized spacial score (nSPS) is 20.5. The first kappa shape index (κ1) is 14.3. The lowest BCUT2D eigenvalue weighted by molar-refractivity contribution is -0.110. The Morgan fingerprint density at radius 3 is 2.52 bits per heavy atom. The van der Waals surface area contributed by atoms with Crippen LogP contribution in [0.2, 0.25) is 0 Å². The Kier molecular flexibility index (Phi) is 3.16. The Hall–Kier alpha value is -1.69. The summed E-state index contributed by atoms with van der Waals surface area (Å²) in [6, 6.07) is 0. The fraction of sp³-hybridized carbons (Fsp3) is 0.667. The number of H-pyrrole nitrogens is 1. The molecule has 1 aliphatic heterocycles. The van der Waals surface area contributed by atoms with Gasteiger partial charge in [0.2, 0.25) is 0 Å². The van der Waals surface area contributed by atoms with E-state index in [1.807, 2.05) is 13.8 Å². The third-order valence-electron chi connectivity index (χ3n) is 4.59. The first-order chi connectivity index (χ1) is 9.82. The second kappa shape index (κ2) is 4.66. The zero-order valence-electron chi connectivity index (χ0n) is 12.6. The summed E-state index contributed by atoms with van der Waals surface area (Å²) in [4.78, 5) is 33.2. The second-order valence-electron chi connectivity index (χ2n) is 6.61. The number of carbonyl (C=O) groups excluding carboxylic acids is 1. The molecule has 1 amide bonds. The van der Waals surface area contributed by atoms with Crippen molar-refractivity contribution in [1.82, 2.24) is 14.9 Å². The van der Waals surface area contributed by atoms with E-state index in [4.69, 9.17) is 0 Å². The highest BCUT2D eigenvalue weighted by atomic mass is 16.3. The molecule has 2 N–H and O–H groups in total. The van der Waals surface area contributed by atoms with Gasteiger partial charge in [0.25, 0.3) is 11.5 Å². The zero-order valence-corrected chi connectivity index (χ0v) is 12.6. The number of aliphatic hydroxyl groups is 1. The molecule has 2 heterocycles. The van der Waals surface area contributed by atoms with Crippen LogP contribution in [-0.2, 0) is 0 Å². The topological polar surface area (TPSA) is 86.3 Å². The van der Waals surface area contributed by atoms with Crippen molar-refractivity contribution in [3.05, 3.63) is 27.4 Å². The van der Waals surface area contributed by atoms with Crippen molar-refractivity contribution in [3.8, 4) is 0 Å². The second-order valence-corrected chi connectivity index (χ2v) is 6.61. The van der Waals surface area contributed by atoms with Crippen molar-refractivity contribution in [2.75, 3.05) is 13.1 Å². The van der Waals surface area contributed by atoms with E-state index in [9.17, 15) is 14.7 Å². The van der Waals surface area contributed by atoms with Crippen molar-refractivity contribution in [1.29, 1.82) is 0 Å². The molecule has 1 aromatic heterocycles. The van der Waals surface area contributed by atoms with Crippen LogP contribution in [0.25, 0.3) is 0 Å². The maximum absolute atomic E-state index is 12.4. The number of rotatable bonds is 3. The first-order valence-corrected chi connectivity index (χ1v) is 7.44. The molecule has 0 bridgehead atoms.